The Morgan fingerprint density at radius 2 is 1.41 bits per heavy atom. The first-order valence-electron chi connectivity index (χ1n) is 15.7. The van der Waals surface area contributed by atoms with Crippen molar-refractivity contribution in [3.05, 3.63) is 52.3 Å². The van der Waals surface area contributed by atoms with Crippen molar-refractivity contribution in [2.24, 2.45) is 5.92 Å². The minimum atomic E-state index is -0.321. The van der Waals surface area contributed by atoms with Crippen LogP contribution in [-0.4, -0.2) is 34.5 Å². The summed E-state index contributed by atoms with van der Waals surface area (Å²) in [5.74, 6) is 1.41. The lowest BCUT2D eigenvalue weighted by Crippen LogP contribution is -2.35. The summed E-state index contributed by atoms with van der Waals surface area (Å²) in [5.41, 5.74) is 1.38. The highest BCUT2D eigenvalue weighted by atomic mass is 16.6. The molecule has 0 unspecified atom stereocenters. The van der Waals surface area contributed by atoms with E-state index >= 15 is 0 Å². The molecule has 0 amide bonds. The third kappa shape index (κ3) is 11.5. The number of nitro groups is 1. The molecule has 0 saturated carbocycles. The van der Waals surface area contributed by atoms with Crippen molar-refractivity contribution < 1.29 is 4.92 Å². The molecule has 1 saturated heterocycles. The molecule has 1 aromatic carbocycles. The fraction of sp³-hybridized carbons (Fsp3) is 0.688. The largest absolute Gasteiger partial charge is 0.364 e. The number of nitrogens with zero attached hydrogens (tertiary/aromatic N) is 4. The molecular formula is C32H51N5O2. The number of rotatable bonds is 20. The van der Waals surface area contributed by atoms with Crippen molar-refractivity contribution >= 4 is 17.3 Å². The summed E-state index contributed by atoms with van der Waals surface area (Å²) in [6, 6.07) is 10.6. The zero-order valence-corrected chi connectivity index (χ0v) is 24.3. The molecule has 0 radical (unpaired) electrons. The van der Waals surface area contributed by atoms with Crippen molar-refractivity contribution in [2.75, 3.05) is 29.9 Å². The van der Waals surface area contributed by atoms with Gasteiger partial charge in [0.15, 0.2) is 0 Å². The van der Waals surface area contributed by atoms with Gasteiger partial charge in [0, 0.05) is 19.6 Å². The van der Waals surface area contributed by atoms with E-state index in [9.17, 15) is 10.1 Å². The summed E-state index contributed by atoms with van der Waals surface area (Å²) in [4.78, 5) is 22.3. The normalized spacial score (nSPS) is 14.0. The van der Waals surface area contributed by atoms with Crippen LogP contribution in [-0.2, 0) is 6.42 Å². The van der Waals surface area contributed by atoms with E-state index in [4.69, 9.17) is 0 Å². The summed E-state index contributed by atoms with van der Waals surface area (Å²) in [7, 11) is 0. The molecule has 1 fully saturated rings. The van der Waals surface area contributed by atoms with Gasteiger partial charge in [-0.3, -0.25) is 10.1 Å². The van der Waals surface area contributed by atoms with Gasteiger partial charge >= 0.3 is 5.69 Å². The molecule has 0 aliphatic carbocycles. The third-order valence-corrected chi connectivity index (χ3v) is 8.09. The van der Waals surface area contributed by atoms with Crippen LogP contribution in [0.2, 0.25) is 0 Å². The van der Waals surface area contributed by atoms with E-state index in [1.54, 1.807) is 0 Å². The van der Waals surface area contributed by atoms with E-state index in [-0.39, 0.29) is 10.6 Å². The average Bonchev–Trinajstić information content (AvgIpc) is 2.96. The molecule has 0 bridgehead atoms. The highest BCUT2D eigenvalue weighted by Crippen LogP contribution is 2.34. The van der Waals surface area contributed by atoms with Gasteiger partial charge in [-0.2, -0.15) is 0 Å². The quantitative estimate of drug-likeness (QED) is 0.103. The molecule has 1 N–H and O–H groups in total. The van der Waals surface area contributed by atoms with Crippen LogP contribution in [0.1, 0.15) is 115 Å². The molecule has 1 aliphatic heterocycles. The SMILES string of the molecule is CCCCCCCCCCCCCCCCNc1ncnc(N2CCC(Cc3ccccc3)CC2)c1[N+](=O)[O-]. The standard InChI is InChI=1S/C32H51N5O2/c1-2-3-4-5-6-7-8-9-10-11-12-13-14-18-23-33-31-30(37(38)39)32(35-27-34-31)36-24-21-29(22-25-36)26-28-19-16-15-17-20-28/h15-17,19-20,27,29H,2-14,18,21-26H2,1H3,(H,33,34,35). The molecule has 0 spiro atoms. The van der Waals surface area contributed by atoms with Crippen LogP contribution in [0.15, 0.2) is 36.7 Å². The van der Waals surface area contributed by atoms with Crippen LogP contribution in [0.5, 0.6) is 0 Å². The minimum Gasteiger partial charge on any atom is -0.364 e. The van der Waals surface area contributed by atoms with Gasteiger partial charge in [-0.25, -0.2) is 9.97 Å². The fourth-order valence-corrected chi connectivity index (χ4v) is 5.72. The van der Waals surface area contributed by atoms with Crippen molar-refractivity contribution in [1.29, 1.82) is 0 Å². The number of aromatic nitrogens is 2. The smallest absolute Gasteiger partial charge is 0.353 e. The number of unbranched alkanes of at least 4 members (excludes halogenated alkanes) is 13. The first-order valence-corrected chi connectivity index (χ1v) is 15.7. The van der Waals surface area contributed by atoms with Crippen molar-refractivity contribution in [3.8, 4) is 0 Å². The number of hydrogen-bond acceptors (Lipinski definition) is 6. The van der Waals surface area contributed by atoms with E-state index in [2.05, 4.69) is 51.4 Å². The lowest BCUT2D eigenvalue weighted by Gasteiger charge is -2.32. The Balaban J connectivity index is 1.31. The van der Waals surface area contributed by atoms with E-state index in [1.807, 2.05) is 6.07 Å². The maximum Gasteiger partial charge on any atom is 0.353 e. The van der Waals surface area contributed by atoms with Gasteiger partial charge in [0.1, 0.15) is 6.33 Å². The molecule has 1 aromatic heterocycles. The Hall–Kier alpha value is -2.70. The van der Waals surface area contributed by atoms with Crippen LogP contribution >= 0.6 is 0 Å². The molecule has 39 heavy (non-hydrogen) atoms. The maximum absolute atomic E-state index is 12.0. The molecule has 216 valence electrons. The lowest BCUT2D eigenvalue weighted by molar-refractivity contribution is -0.383. The second-order valence-corrected chi connectivity index (χ2v) is 11.3. The maximum atomic E-state index is 12.0. The zero-order chi connectivity index (χ0) is 27.5. The van der Waals surface area contributed by atoms with E-state index in [0.717, 1.165) is 45.2 Å². The van der Waals surface area contributed by atoms with Crippen molar-refractivity contribution in [1.82, 2.24) is 9.97 Å². The third-order valence-electron chi connectivity index (χ3n) is 8.09. The fourth-order valence-electron chi connectivity index (χ4n) is 5.72. The molecular weight excluding hydrogens is 486 g/mol. The first-order chi connectivity index (χ1) is 19.2. The van der Waals surface area contributed by atoms with Crippen LogP contribution < -0.4 is 10.2 Å². The van der Waals surface area contributed by atoms with E-state index in [0.29, 0.717) is 24.1 Å². The van der Waals surface area contributed by atoms with Crippen LogP contribution in [0.25, 0.3) is 0 Å². The summed E-state index contributed by atoms with van der Waals surface area (Å²) >= 11 is 0. The Labute approximate surface area is 236 Å². The molecule has 2 aromatic rings. The van der Waals surface area contributed by atoms with E-state index in [1.165, 1.54) is 88.9 Å². The second kappa shape index (κ2) is 18.6. The summed E-state index contributed by atoms with van der Waals surface area (Å²) in [6.07, 6.45) is 23.0. The van der Waals surface area contributed by atoms with Gasteiger partial charge in [-0.1, -0.05) is 121 Å². The van der Waals surface area contributed by atoms with Crippen LogP contribution in [0, 0.1) is 16.0 Å². The van der Waals surface area contributed by atoms with E-state index < -0.39 is 0 Å². The monoisotopic (exact) mass is 537 g/mol. The second-order valence-electron chi connectivity index (χ2n) is 11.3. The molecule has 7 heteroatoms. The molecule has 1 aliphatic rings. The van der Waals surface area contributed by atoms with Gasteiger partial charge in [0.05, 0.1) is 4.92 Å². The number of piperidine rings is 1. The predicted molar refractivity (Wildman–Crippen MR) is 163 cm³/mol. The summed E-state index contributed by atoms with van der Waals surface area (Å²) < 4.78 is 0. The van der Waals surface area contributed by atoms with Gasteiger partial charge in [0.25, 0.3) is 0 Å². The highest BCUT2D eigenvalue weighted by Gasteiger charge is 2.29. The molecule has 3 rings (SSSR count). The van der Waals surface area contributed by atoms with Gasteiger partial charge in [0.2, 0.25) is 11.6 Å². The number of hydrogen-bond donors (Lipinski definition) is 1. The highest BCUT2D eigenvalue weighted by molar-refractivity contribution is 5.70. The van der Waals surface area contributed by atoms with Crippen molar-refractivity contribution in [2.45, 2.75) is 116 Å². The van der Waals surface area contributed by atoms with Gasteiger partial charge < -0.3 is 10.2 Å². The molecule has 2 heterocycles. The first kappa shape index (κ1) is 30.8. The van der Waals surface area contributed by atoms with Crippen molar-refractivity contribution in [3.63, 3.8) is 0 Å². The Morgan fingerprint density at radius 3 is 1.97 bits per heavy atom. The lowest BCUT2D eigenvalue weighted by atomic mass is 9.90. The summed E-state index contributed by atoms with van der Waals surface area (Å²) in [5, 5.41) is 15.2. The Morgan fingerprint density at radius 1 is 0.846 bits per heavy atom. The number of nitrogens with one attached hydrogen (secondary N) is 1. The minimum absolute atomic E-state index is 0.0179. The number of benzene rings is 1. The molecule has 7 nitrogen and oxygen atoms in total. The average molecular weight is 538 g/mol. The summed E-state index contributed by atoms with van der Waals surface area (Å²) in [6.45, 7) is 4.55. The Bertz CT molecular complexity index is 931. The molecule has 0 atom stereocenters. The Kier molecular flexibility index (Phi) is 14.7. The topological polar surface area (TPSA) is 84.2 Å². The van der Waals surface area contributed by atoms with Gasteiger partial charge in [-0.15, -0.1) is 0 Å². The van der Waals surface area contributed by atoms with Crippen LogP contribution in [0.3, 0.4) is 0 Å². The predicted octanol–water partition coefficient (Wildman–Crippen LogP) is 8.74. The number of anilines is 2. The zero-order valence-electron chi connectivity index (χ0n) is 24.3. The van der Waals surface area contributed by atoms with Crippen LogP contribution in [0.4, 0.5) is 17.3 Å². The van der Waals surface area contributed by atoms with Gasteiger partial charge in [-0.05, 0) is 37.2 Å².